The molecule has 24 heavy (non-hydrogen) atoms. The van der Waals surface area contributed by atoms with Gasteiger partial charge in [-0.1, -0.05) is 35.9 Å². The first-order valence-electron chi connectivity index (χ1n) is 7.77. The van der Waals surface area contributed by atoms with E-state index in [1.165, 1.54) is 17.2 Å². The van der Waals surface area contributed by atoms with E-state index in [1.807, 2.05) is 25.1 Å². The maximum absolute atomic E-state index is 12.5. The van der Waals surface area contributed by atoms with Crippen molar-refractivity contribution >= 4 is 21.6 Å². The summed E-state index contributed by atoms with van der Waals surface area (Å²) < 4.78 is 23.1. The van der Waals surface area contributed by atoms with Gasteiger partial charge in [0.05, 0.1) is 4.90 Å². The lowest BCUT2D eigenvalue weighted by atomic mass is 10.1. The van der Waals surface area contributed by atoms with E-state index >= 15 is 0 Å². The van der Waals surface area contributed by atoms with Crippen LogP contribution in [-0.4, -0.2) is 14.3 Å². The minimum Gasteiger partial charge on any atom is -0.326 e. The Labute approximate surface area is 141 Å². The molecule has 5 nitrogen and oxygen atoms in total. The molecule has 1 amide bonds. The molecule has 2 atom stereocenters. The van der Waals surface area contributed by atoms with E-state index in [2.05, 4.69) is 11.4 Å². The molecule has 0 aromatic heterocycles. The van der Waals surface area contributed by atoms with Crippen LogP contribution in [0.4, 0.5) is 5.69 Å². The van der Waals surface area contributed by atoms with Crippen LogP contribution in [-0.2, 0) is 14.8 Å². The SMILES string of the molecule is Cc1cccc([C@H]2C[C@H]2C(=O)Nc2cccc(S(N)(=O)=O)c2C)c1. The highest BCUT2D eigenvalue weighted by Crippen LogP contribution is 2.48. The topological polar surface area (TPSA) is 89.3 Å². The van der Waals surface area contributed by atoms with Gasteiger partial charge in [-0.15, -0.1) is 0 Å². The van der Waals surface area contributed by atoms with Gasteiger partial charge in [0.15, 0.2) is 0 Å². The van der Waals surface area contributed by atoms with Crippen LogP contribution < -0.4 is 10.5 Å². The fourth-order valence-electron chi connectivity index (χ4n) is 3.04. The fourth-order valence-corrected chi connectivity index (χ4v) is 3.84. The van der Waals surface area contributed by atoms with Crippen LogP contribution in [0.25, 0.3) is 0 Å². The third kappa shape index (κ3) is 3.34. The number of rotatable bonds is 4. The van der Waals surface area contributed by atoms with Crippen molar-refractivity contribution in [2.75, 3.05) is 5.32 Å². The van der Waals surface area contributed by atoms with E-state index in [4.69, 9.17) is 5.14 Å². The first kappa shape index (κ1) is 16.7. The molecule has 0 heterocycles. The molecule has 0 saturated heterocycles. The van der Waals surface area contributed by atoms with Crippen LogP contribution in [0.3, 0.4) is 0 Å². The predicted molar refractivity (Wildman–Crippen MR) is 93.2 cm³/mol. The number of amides is 1. The molecule has 1 fully saturated rings. The Bertz CT molecular complexity index is 906. The second-order valence-corrected chi connectivity index (χ2v) is 7.86. The summed E-state index contributed by atoms with van der Waals surface area (Å²) >= 11 is 0. The van der Waals surface area contributed by atoms with E-state index < -0.39 is 10.0 Å². The maximum atomic E-state index is 12.5. The van der Waals surface area contributed by atoms with Gasteiger partial charge < -0.3 is 5.32 Å². The Hall–Kier alpha value is -2.18. The number of anilines is 1. The Morgan fingerprint density at radius 3 is 2.54 bits per heavy atom. The summed E-state index contributed by atoms with van der Waals surface area (Å²) in [4.78, 5) is 12.5. The Morgan fingerprint density at radius 1 is 1.17 bits per heavy atom. The highest BCUT2D eigenvalue weighted by Gasteiger charge is 2.44. The summed E-state index contributed by atoms with van der Waals surface area (Å²) in [5.41, 5.74) is 3.29. The molecular formula is C18H20N2O3S. The monoisotopic (exact) mass is 344 g/mol. The van der Waals surface area contributed by atoms with Crippen molar-refractivity contribution < 1.29 is 13.2 Å². The lowest BCUT2D eigenvalue weighted by Gasteiger charge is -2.11. The van der Waals surface area contributed by atoms with Crippen molar-refractivity contribution in [1.82, 2.24) is 0 Å². The number of benzene rings is 2. The van der Waals surface area contributed by atoms with Crippen molar-refractivity contribution in [1.29, 1.82) is 0 Å². The molecule has 0 radical (unpaired) electrons. The van der Waals surface area contributed by atoms with Gasteiger partial charge in [-0.2, -0.15) is 0 Å². The smallest absolute Gasteiger partial charge is 0.238 e. The highest BCUT2D eigenvalue weighted by molar-refractivity contribution is 7.89. The second kappa shape index (κ2) is 6.03. The van der Waals surface area contributed by atoms with E-state index in [0.717, 1.165) is 6.42 Å². The molecule has 3 N–H and O–H groups in total. The summed E-state index contributed by atoms with van der Waals surface area (Å²) in [7, 11) is -3.81. The van der Waals surface area contributed by atoms with Crippen molar-refractivity contribution in [3.8, 4) is 0 Å². The Morgan fingerprint density at radius 2 is 1.88 bits per heavy atom. The Kier molecular flexibility index (Phi) is 4.19. The summed E-state index contributed by atoms with van der Waals surface area (Å²) in [6.07, 6.45) is 0.809. The fraction of sp³-hybridized carbons (Fsp3) is 0.278. The summed E-state index contributed by atoms with van der Waals surface area (Å²) in [5, 5.41) is 8.04. The second-order valence-electron chi connectivity index (χ2n) is 6.33. The van der Waals surface area contributed by atoms with Gasteiger partial charge in [0.1, 0.15) is 0 Å². The number of sulfonamides is 1. The van der Waals surface area contributed by atoms with E-state index in [0.29, 0.717) is 11.3 Å². The minimum absolute atomic E-state index is 0.0336. The van der Waals surface area contributed by atoms with E-state index in [9.17, 15) is 13.2 Å². The maximum Gasteiger partial charge on any atom is 0.238 e. The molecule has 6 heteroatoms. The zero-order valence-corrected chi connectivity index (χ0v) is 14.4. The molecule has 0 aliphatic heterocycles. The van der Waals surface area contributed by atoms with Crippen LogP contribution >= 0.6 is 0 Å². The van der Waals surface area contributed by atoms with Crippen LogP contribution in [0.2, 0.25) is 0 Å². The minimum atomic E-state index is -3.81. The van der Waals surface area contributed by atoms with Gasteiger partial charge in [0.25, 0.3) is 0 Å². The first-order valence-corrected chi connectivity index (χ1v) is 9.32. The van der Waals surface area contributed by atoms with Crippen LogP contribution in [0, 0.1) is 19.8 Å². The quantitative estimate of drug-likeness (QED) is 0.893. The molecular weight excluding hydrogens is 324 g/mol. The van der Waals surface area contributed by atoms with Gasteiger partial charge >= 0.3 is 0 Å². The number of aryl methyl sites for hydroxylation is 1. The van der Waals surface area contributed by atoms with Crippen LogP contribution in [0.15, 0.2) is 47.4 Å². The Balaban J connectivity index is 1.75. The highest BCUT2D eigenvalue weighted by atomic mass is 32.2. The van der Waals surface area contributed by atoms with Crippen LogP contribution in [0.1, 0.15) is 29.0 Å². The average molecular weight is 344 g/mol. The third-order valence-corrected chi connectivity index (χ3v) is 5.50. The van der Waals surface area contributed by atoms with Crippen molar-refractivity contribution in [2.24, 2.45) is 11.1 Å². The zero-order valence-electron chi connectivity index (χ0n) is 13.6. The van der Waals surface area contributed by atoms with Crippen molar-refractivity contribution in [3.05, 3.63) is 59.2 Å². The molecule has 0 unspecified atom stereocenters. The average Bonchev–Trinajstić information content (AvgIpc) is 3.29. The molecule has 1 aliphatic rings. The molecule has 0 spiro atoms. The number of primary sulfonamides is 1. The molecule has 3 rings (SSSR count). The zero-order chi connectivity index (χ0) is 17.5. The molecule has 126 valence electrons. The van der Waals surface area contributed by atoms with Gasteiger partial charge in [-0.05, 0) is 49.4 Å². The largest absolute Gasteiger partial charge is 0.326 e. The summed E-state index contributed by atoms with van der Waals surface area (Å²) in [6.45, 7) is 3.67. The number of hydrogen-bond acceptors (Lipinski definition) is 3. The van der Waals surface area contributed by atoms with Gasteiger partial charge in [-0.3, -0.25) is 4.79 Å². The lowest BCUT2D eigenvalue weighted by Crippen LogP contribution is -2.18. The van der Waals surface area contributed by atoms with E-state index in [1.54, 1.807) is 19.1 Å². The summed E-state index contributed by atoms with van der Waals surface area (Å²) in [5.74, 6) is 0.0622. The van der Waals surface area contributed by atoms with Gasteiger partial charge in [0.2, 0.25) is 15.9 Å². The molecule has 1 aliphatic carbocycles. The normalized spacial score (nSPS) is 19.8. The number of carbonyl (C=O) groups is 1. The van der Waals surface area contributed by atoms with Crippen molar-refractivity contribution in [2.45, 2.75) is 31.1 Å². The van der Waals surface area contributed by atoms with Crippen LogP contribution in [0.5, 0.6) is 0 Å². The first-order chi connectivity index (χ1) is 11.3. The van der Waals surface area contributed by atoms with Gasteiger partial charge in [-0.25, -0.2) is 13.6 Å². The molecule has 2 aromatic rings. The number of hydrogen-bond donors (Lipinski definition) is 2. The van der Waals surface area contributed by atoms with E-state index in [-0.39, 0.29) is 22.6 Å². The number of nitrogens with two attached hydrogens (primary N) is 1. The molecule has 1 saturated carbocycles. The molecule has 0 bridgehead atoms. The number of nitrogens with one attached hydrogen (secondary N) is 1. The standard InChI is InChI=1S/C18H20N2O3S/c1-11-5-3-6-13(9-11)14-10-15(14)18(21)20-16-7-4-8-17(12(16)2)24(19,22)23/h3-9,14-15H,10H2,1-2H3,(H,20,21)(H2,19,22,23)/t14-,15-/m1/s1. The van der Waals surface area contributed by atoms with Crippen molar-refractivity contribution in [3.63, 3.8) is 0 Å². The predicted octanol–water partition coefficient (Wildman–Crippen LogP) is 2.69. The molecule has 2 aromatic carbocycles. The van der Waals surface area contributed by atoms with Gasteiger partial charge in [0, 0.05) is 11.6 Å². The summed E-state index contributed by atoms with van der Waals surface area (Å²) in [6, 6.07) is 12.9. The number of carbonyl (C=O) groups excluding carboxylic acids is 1. The third-order valence-electron chi connectivity index (χ3n) is 4.45. The lowest BCUT2D eigenvalue weighted by molar-refractivity contribution is -0.117.